The zero-order chi connectivity index (χ0) is 11.4. The summed E-state index contributed by atoms with van der Waals surface area (Å²) in [6, 6.07) is 0.445. The summed E-state index contributed by atoms with van der Waals surface area (Å²) in [5.41, 5.74) is 0. The number of aryl methyl sites for hydroxylation is 1. The van der Waals surface area contributed by atoms with Gasteiger partial charge >= 0.3 is 0 Å². The average molecular weight is 243 g/mol. The summed E-state index contributed by atoms with van der Waals surface area (Å²) in [6.07, 6.45) is 5.26. The highest BCUT2D eigenvalue weighted by molar-refractivity contribution is 6.16. The van der Waals surface area contributed by atoms with E-state index in [2.05, 4.69) is 15.5 Å². The van der Waals surface area contributed by atoms with Gasteiger partial charge in [0.2, 0.25) is 5.91 Å². The van der Waals surface area contributed by atoms with Crippen molar-refractivity contribution in [2.45, 2.75) is 44.1 Å². The smallest absolute Gasteiger partial charge is 0.220 e. The number of amides is 1. The van der Waals surface area contributed by atoms with E-state index in [1.165, 1.54) is 0 Å². The number of nitrogens with zero attached hydrogens (tertiary/aromatic N) is 3. The second kappa shape index (κ2) is 5.30. The Bertz CT molecular complexity index is 361. The summed E-state index contributed by atoms with van der Waals surface area (Å²) >= 11 is 5.69. The molecule has 1 aromatic heterocycles. The first-order valence-corrected chi connectivity index (χ1v) is 6.05. The molecule has 2 rings (SSSR count). The molecule has 88 valence electrons. The second-order valence-corrected chi connectivity index (χ2v) is 4.29. The van der Waals surface area contributed by atoms with E-state index in [0.717, 1.165) is 31.6 Å². The van der Waals surface area contributed by atoms with E-state index in [4.69, 9.17) is 11.6 Å². The number of nitrogens with one attached hydrogen (secondary N) is 1. The van der Waals surface area contributed by atoms with E-state index >= 15 is 0 Å². The van der Waals surface area contributed by atoms with Gasteiger partial charge in [0.25, 0.3) is 0 Å². The number of rotatable bonds is 6. The molecule has 1 amide bonds. The molecular formula is C10H15ClN4O. The van der Waals surface area contributed by atoms with E-state index in [1.54, 1.807) is 6.33 Å². The third-order valence-electron chi connectivity index (χ3n) is 2.56. The van der Waals surface area contributed by atoms with Crippen molar-refractivity contribution in [2.75, 3.05) is 0 Å². The molecule has 6 heteroatoms. The van der Waals surface area contributed by atoms with Crippen LogP contribution in [0, 0.1) is 0 Å². The number of hydrogen-bond acceptors (Lipinski definition) is 3. The van der Waals surface area contributed by atoms with Crippen molar-refractivity contribution in [3.05, 3.63) is 12.2 Å². The molecule has 0 saturated heterocycles. The lowest BCUT2D eigenvalue weighted by Crippen LogP contribution is -2.25. The Morgan fingerprint density at radius 3 is 3.12 bits per heavy atom. The van der Waals surface area contributed by atoms with Gasteiger partial charge in [-0.15, -0.1) is 21.8 Å². The maximum absolute atomic E-state index is 11.4. The first-order valence-electron chi connectivity index (χ1n) is 5.51. The number of hydrogen-bond donors (Lipinski definition) is 1. The monoisotopic (exact) mass is 242 g/mol. The van der Waals surface area contributed by atoms with Crippen LogP contribution in [0.3, 0.4) is 0 Å². The molecule has 16 heavy (non-hydrogen) atoms. The molecule has 0 unspecified atom stereocenters. The molecule has 0 atom stereocenters. The average Bonchev–Trinajstić information content (AvgIpc) is 2.96. The molecule has 1 aliphatic rings. The Kier molecular flexibility index (Phi) is 3.77. The molecule has 1 N–H and O–H groups in total. The van der Waals surface area contributed by atoms with Crippen molar-refractivity contribution in [2.24, 2.45) is 0 Å². The first-order chi connectivity index (χ1) is 7.79. The minimum absolute atomic E-state index is 0.142. The van der Waals surface area contributed by atoms with Crippen LogP contribution in [0.5, 0.6) is 0 Å². The lowest BCUT2D eigenvalue weighted by atomic mass is 10.3. The zero-order valence-corrected chi connectivity index (χ0v) is 9.78. The lowest BCUT2D eigenvalue weighted by molar-refractivity contribution is -0.121. The van der Waals surface area contributed by atoms with Crippen molar-refractivity contribution < 1.29 is 4.79 Å². The van der Waals surface area contributed by atoms with Crippen molar-refractivity contribution in [3.8, 4) is 0 Å². The third kappa shape index (κ3) is 3.20. The number of carbonyl (C=O) groups excluding carboxylic acids is 1. The van der Waals surface area contributed by atoms with Crippen LogP contribution >= 0.6 is 11.6 Å². The van der Waals surface area contributed by atoms with Gasteiger partial charge in [0.1, 0.15) is 12.2 Å². The Morgan fingerprint density at radius 2 is 2.44 bits per heavy atom. The van der Waals surface area contributed by atoms with Gasteiger partial charge in [0.15, 0.2) is 0 Å². The van der Waals surface area contributed by atoms with E-state index in [9.17, 15) is 4.79 Å². The van der Waals surface area contributed by atoms with E-state index in [-0.39, 0.29) is 5.91 Å². The summed E-state index contributed by atoms with van der Waals surface area (Å²) in [6.45, 7) is 0.743. The SMILES string of the molecule is O=C(CCCn1cnnc1CCl)NC1CC1. The molecular weight excluding hydrogens is 228 g/mol. The van der Waals surface area contributed by atoms with E-state index < -0.39 is 0 Å². The molecule has 0 aromatic carbocycles. The van der Waals surface area contributed by atoms with Crippen molar-refractivity contribution >= 4 is 17.5 Å². The summed E-state index contributed by atoms with van der Waals surface area (Å²) < 4.78 is 1.89. The Hall–Kier alpha value is -1.10. The zero-order valence-electron chi connectivity index (χ0n) is 9.03. The summed E-state index contributed by atoms with van der Waals surface area (Å²) in [5.74, 6) is 1.25. The number of aromatic nitrogens is 3. The fourth-order valence-corrected chi connectivity index (χ4v) is 1.71. The van der Waals surface area contributed by atoms with Gasteiger partial charge < -0.3 is 9.88 Å². The van der Waals surface area contributed by atoms with Crippen LogP contribution in [0.15, 0.2) is 6.33 Å². The number of alkyl halides is 1. The van der Waals surface area contributed by atoms with Gasteiger partial charge in [-0.05, 0) is 19.3 Å². The number of halogens is 1. The molecule has 1 aliphatic carbocycles. The van der Waals surface area contributed by atoms with Crippen LogP contribution in [-0.2, 0) is 17.2 Å². The molecule has 1 saturated carbocycles. The van der Waals surface area contributed by atoms with E-state index in [1.807, 2.05) is 4.57 Å². The highest BCUT2D eigenvalue weighted by atomic mass is 35.5. The first kappa shape index (κ1) is 11.4. The quantitative estimate of drug-likeness (QED) is 0.760. The predicted molar refractivity (Wildman–Crippen MR) is 60.0 cm³/mol. The minimum atomic E-state index is 0.142. The van der Waals surface area contributed by atoms with Gasteiger partial charge in [0, 0.05) is 19.0 Å². The van der Waals surface area contributed by atoms with Crippen LogP contribution in [-0.4, -0.2) is 26.7 Å². The number of carbonyl (C=O) groups is 1. The van der Waals surface area contributed by atoms with Gasteiger partial charge in [-0.1, -0.05) is 0 Å². The molecule has 1 heterocycles. The van der Waals surface area contributed by atoms with Crippen LogP contribution in [0.4, 0.5) is 0 Å². The van der Waals surface area contributed by atoms with Gasteiger partial charge in [0.05, 0.1) is 5.88 Å². The summed E-state index contributed by atoms with van der Waals surface area (Å²) in [5, 5.41) is 10.6. The third-order valence-corrected chi connectivity index (χ3v) is 2.80. The van der Waals surface area contributed by atoms with Crippen molar-refractivity contribution in [3.63, 3.8) is 0 Å². The van der Waals surface area contributed by atoms with Crippen LogP contribution in [0.1, 0.15) is 31.5 Å². The Morgan fingerprint density at radius 1 is 1.62 bits per heavy atom. The minimum Gasteiger partial charge on any atom is -0.353 e. The normalized spacial score (nSPS) is 15.1. The maximum Gasteiger partial charge on any atom is 0.220 e. The molecule has 0 aliphatic heterocycles. The molecule has 1 fully saturated rings. The molecule has 5 nitrogen and oxygen atoms in total. The standard InChI is InChI=1S/C10H15ClN4O/c11-6-9-14-12-7-15(9)5-1-2-10(16)13-8-3-4-8/h7-8H,1-6H2,(H,13,16). The topological polar surface area (TPSA) is 59.8 Å². The Balaban J connectivity index is 1.68. The molecule has 1 aromatic rings. The van der Waals surface area contributed by atoms with Crippen LogP contribution in [0.2, 0.25) is 0 Å². The fourth-order valence-electron chi connectivity index (χ4n) is 1.51. The van der Waals surface area contributed by atoms with Crippen molar-refractivity contribution in [1.82, 2.24) is 20.1 Å². The van der Waals surface area contributed by atoms with Crippen LogP contribution < -0.4 is 5.32 Å². The molecule has 0 spiro atoms. The summed E-state index contributed by atoms with van der Waals surface area (Å²) in [7, 11) is 0. The van der Waals surface area contributed by atoms with Gasteiger partial charge in [-0.25, -0.2) is 0 Å². The maximum atomic E-state index is 11.4. The van der Waals surface area contributed by atoms with Gasteiger partial charge in [-0.2, -0.15) is 0 Å². The van der Waals surface area contributed by atoms with E-state index in [0.29, 0.717) is 18.3 Å². The second-order valence-electron chi connectivity index (χ2n) is 4.02. The summed E-state index contributed by atoms with van der Waals surface area (Å²) in [4.78, 5) is 11.4. The fraction of sp³-hybridized carbons (Fsp3) is 0.700. The highest BCUT2D eigenvalue weighted by Gasteiger charge is 2.22. The molecule has 0 radical (unpaired) electrons. The lowest BCUT2D eigenvalue weighted by Gasteiger charge is -2.05. The predicted octanol–water partition coefficient (Wildman–Crippen LogP) is 1.08. The highest BCUT2D eigenvalue weighted by Crippen LogP contribution is 2.18. The van der Waals surface area contributed by atoms with Crippen LogP contribution in [0.25, 0.3) is 0 Å². The van der Waals surface area contributed by atoms with Gasteiger partial charge in [-0.3, -0.25) is 4.79 Å². The largest absolute Gasteiger partial charge is 0.353 e. The molecule has 0 bridgehead atoms. The van der Waals surface area contributed by atoms with Crippen molar-refractivity contribution in [1.29, 1.82) is 0 Å². The Labute approximate surface area is 99.2 Å².